The first kappa shape index (κ1) is 25.3. The molecule has 0 bridgehead atoms. The molecule has 0 aromatic carbocycles. The lowest BCUT2D eigenvalue weighted by Crippen LogP contribution is -2.58. The maximum absolute atomic E-state index is 11.8. The largest absolute Gasteiger partial charge is 0.458 e. The van der Waals surface area contributed by atoms with Crippen LogP contribution < -0.4 is 0 Å². The normalized spacial score (nSPS) is 54.8. The summed E-state index contributed by atoms with van der Waals surface area (Å²) in [5.41, 5.74) is 1.82. The molecule has 202 valence electrons. The average molecular weight is 505 g/mol. The molecule has 4 aliphatic carbocycles. The predicted molar refractivity (Wildman–Crippen MR) is 131 cm³/mol. The van der Waals surface area contributed by atoms with Crippen molar-refractivity contribution in [3.63, 3.8) is 0 Å². The van der Waals surface area contributed by atoms with Gasteiger partial charge in [0.05, 0.1) is 12.2 Å². The van der Waals surface area contributed by atoms with Crippen molar-refractivity contribution in [1.82, 2.24) is 0 Å². The third-order valence-corrected chi connectivity index (χ3v) is 11.9. The SMILES string of the molecule is C[C@@H]1OC(O[C@H]2CC[C@@]3(C)[C@H](CC[C@@H]4[C@@H]3CC[C@]3(C)[C@@H](C5=CC(=O)OC5)CC[C@@H]43)C2)[C@H](O)[C@H](O)[C@H]1O. The molecule has 1 saturated heterocycles. The second kappa shape index (κ2) is 9.04. The molecule has 0 aromatic rings. The van der Waals surface area contributed by atoms with Crippen molar-refractivity contribution in [2.24, 2.45) is 40.4 Å². The molecule has 7 heteroatoms. The molecule has 0 aromatic heterocycles. The molecule has 2 aliphatic heterocycles. The lowest BCUT2D eigenvalue weighted by atomic mass is 9.44. The van der Waals surface area contributed by atoms with Gasteiger partial charge in [-0.25, -0.2) is 4.79 Å². The second-order valence-electron chi connectivity index (χ2n) is 13.4. The number of cyclic esters (lactones) is 1. The Morgan fingerprint density at radius 1 is 0.917 bits per heavy atom. The van der Waals surface area contributed by atoms with Gasteiger partial charge in [0.25, 0.3) is 0 Å². The molecule has 3 N–H and O–H groups in total. The minimum Gasteiger partial charge on any atom is -0.458 e. The predicted octanol–water partition coefficient (Wildman–Crippen LogP) is 3.34. The topological polar surface area (TPSA) is 105 Å². The van der Waals surface area contributed by atoms with E-state index in [0.717, 1.165) is 37.0 Å². The van der Waals surface area contributed by atoms with Crippen LogP contribution in [0.3, 0.4) is 0 Å². The zero-order valence-electron chi connectivity index (χ0n) is 22.0. The maximum Gasteiger partial charge on any atom is 0.331 e. The van der Waals surface area contributed by atoms with Gasteiger partial charge in [0.1, 0.15) is 24.9 Å². The molecule has 0 amide bonds. The molecular weight excluding hydrogens is 460 g/mol. The summed E-state index contributed by atoms with van der Waals surface area (Å²) in [6.45, 7) is 7.22. The van der Waals surface area contributed by atoms with Gasteiger partial charge in [-0.1, -0.05) is 13.8 Å². The smallest absolute Gasteiger partial charge is 0.331 e. The lowest BCUT2D eigenvalue weighted by molar-refractivity contribution is -0.309. The number of ether oxygens (including phenoxy) is 3. The van der Waals surface area contributed by atoms with Crippen molar-refractivity contribution in [2.45, 2.75) is 115 Å². The van der Waals surface area contributed by atoms with E-state index in [4.69, 9.17) is 14.2 Å². The third kappa shape index (κ3) is 3.83. The van der Waals surface area contributed by atoms with Crippen LogP contribution in [0.2, 0.25) is 0 Å². The number of rotatable bonds is 3. The number of carbonyl (C=O) groups excluding carboxylic acids is 1. The lowest BCUT2D eigenvalue weighted by Gasteiger charge is -2.61. The summed E-state index contributed by atoms with van der Waals surface area (Å²) < 4.78 is 17.3. The molecule has 7 nitrogen and oxygen atoms in total. The highest BCUT2D eigenvalue weighted by Gasteiger charge is 2.61. The molecule has 0 spiro atoms. The van der Waals surface area contributed by atoms with Crippen LogP contribution in [0.25, 0.3) is 0 Å². The number of aliphatic hydroxyl groups is 3. The summed E-state index contributed by atoms with van der Waals surface area (Å²) in [5, 5.41) is 30.6. The number of hydrogen-bond acceptors (Lipinski definition) is 7. The Bertz CT molecular complexity index is 904. The van der Waals surface area contributed by atoms with E-state index >= 15 is 0 Å². The van der Waals surface area contributed by atoms with Crippen LogP contribution in [0.4, 0.5) is 0 Å². The summed E-state index contributed by atoms with van der Waals surface area (Å²) in [5.74, 6) is 3.14. The summed E-state index contributed by atoms with van der Waals surface area (Å²) in [6, 6.07) is 0. The Labute approximate surface area is 214 Å². The van der Waals surface area contributed by atoms with Gasteiger partial charge in [0.2, 0.25) is 0 Å². The van der Waals surface area contributed by atoms with E-state index < -0.39 is 30.7 Å². The minimum atomic E-state index is -1.25. The van der Waals surface area contributed by atoms with Gasteiger partial charge in [0, 0.05) is 6.08 Å². The second-order valence-corrected chi connectivity index (χ2v) is 13.4. The first-order valence-corrected chi connectivity index (χ1v) is 14.3. The molecule has 2 heterocycles. The van der Waals surface area contributed by atoms with Crippen LogP contribution in [0.15, 0.2) is 11.6 Å². The van der Waals surface area contributed by atoms with Crippen molar-refractivity contribution in [3.8, 4) is 0 Å². The fraction of sp³-hybridized carbons (Fsp3) is 0.897. The first-order chi connectivity index (χ1) is 17.1. The monoisotopic (exact) mass is 504 g/mol. The molecular formula is C29H44O7. The summed E-state index contributed by atoms with van der Waals surface area (Å²) in [4.78, 5) is 11.8. The van der Waals surface area contributed by atoms with Gasteiger partial charge in [-0.3, -0.25) is 0 Å². The molecule has 6 aliphatic rings. The van der Waals surface area contributed by atoms with Crippen LogP contribution in [-0.2, 0) is 19.0 Å². The highest BCUT2D eigenvalue weighted by Crippen LogP contribution is 2.68. The number of fused-ring (bicyclic) bond motifs is 5. The van der Waals surface area contributed by atoms with E-state index in [1.807, 2.05) is 0 Å². The molecule has 0 radical (unpaired) electrons. The van der Waals surface area contributed by atoms with Crippen molar-refractivity contribution in [2.75, 3.05) is 6.61 Å². The van der Waals surface area contributed by atoms with Crippen molar-refractivity contribution >= 4 is 5.97 Å². The van der Waals surface area contributed by atoms with E-state index in [0.29, 0.717) is 23.9 Å². The standard InChI is InChI=1S/C29H44O7/c1-15-24(31)25(32)26(33)27(35-15)36-18-8-10-28(2)17(13-18)4-5-19-21-7-6-20(16-12-23(30)34-14-16)29(21,3)11-9-22(19)28/h12,15,17-22,24-27,31-33H,4-11,13-14H2,1-3H3/t15-,17+,18-,19-,20+,21-,22-,24-,25+,26+,27?,28-,29+/m0/s1. The number of carbonyl (C=O) groups is 1. The fourth-order valence-electron chi connectivity index (χ4n) is 9.86. The van der Waals surface area contributed by atoms with Gasteiger partial charge >= 0.3 is 5.97 Å². The van der Waals surface area contributed by atoms with E-state index in [1.165, 1.54) is 44.1 Å². The third-order valence-electron chi connectivity index (χ3n) is 11.9. The zero-order chi connectivity index (χ0) is 25.4. The van der Waals surface area contributed by atoms with Crippen LogP contribution in [-0.4, -0.2) is 64.7 Å². The molecule has 4 saturated carbocycles. The first-order valence-electron chi connectivity index (χ1n) is 14.3. The Hall–Kier alpha value is -0.990. The Kier molecular flexibility index (Phi) is 6.36. The maximum atomic E-state index is 11.8. The van der Waals surface area contributed by atoms with E-state index in [2.05, 4.69) is 13.8 Å². The van der Waals surface area contributed by atoms with Crippen LogP contribution in [0.5, 0.6) is 0 Å². The van der Waals surface area contributed by atoms with Crippen molar-refractivity contribution in [1.29, 1.82) is 0 Å². The molecule has 36 heavy (non-hydrogen) atoms. The number of aliphatic hydroxyl groups excluding tert-OH is 3. The highest BCUT2D eigenvalue weighted by molar-refractivity contribution is 5.85. The van der Waals surface area contributed by atoms with Gasteiger partial charge in [-0.15, -0.1) is 0 Å². The van der Waals surface area contributed by atoms with Crippen LogP contribution >= 0.6 is 0 Å². The van der Waals surface area contributed by atoms with Crippen molar-refractivity contribution in [3.05, 3.63) is 11.6 Å². The van der Waals surface area contributed by atoms with Gasteiger partial charge in [-0.05, 0) is 111 Å². The van der Waals surface area contributed by atoms with Crippen LogP contribution in [0, 0.1) is 40.4 Å². The molecule has 5 fully saturated rings. The van der Waals surface area contributed by atoms with Gasteiger partial charge in [0.15, 0.2) is 6.29 Å². The quantitative estimate of drug-likeness (QED) is 0.400. The summed E-state index contributed by atoms with van der Waals surface area (Å²) in [7, 11) is 0. The summed E-state index contributed by atoms with van der Waals surface area (Å²) >= 11 is 0. The van der Waals surface area contributed by atoms with E-state index in [9.17, 15) is 20.1 Å². The Morgan fingerprint density at radius 3 is 2.42 bits per heavy atom. The van der Waals surface area contributed by atoms with E-state index in [1.54, 1.807) is 13.0 Å². The van der Waals surface area contributed by atoms with Gasteiger partial charge in [-0.2, -0.15) is 0 Å². The molecule has 13 atom stereocenters. The average Bonchev–Trinajstić information content (AvgIpc) is 3.43. The van der Waals surface area contributed by atoms with E-state index in [-0.39, 0.29) is 17.5 Å². The molecule has 1 unspecified atom stereocenters. The number of esters is 1. The highest BCUT2D eigenvalue weighted by atomic mass is 16.7. The number of hydrogen-bond donors (Lipinski definition) is 3. The van der Waals surface area contributed by atoms with Gasteiger partial charge < -0.3 is 29.5 Å². The fourth-order valence-corrected chi connectivity index (χ4v) is 9.86. The Morgan fingerprint density at radius 2 is 1.67 bits per heavy atom. The van der Waals surface area contributed by atoms with Crippen molar-refractivity contribution < 1.29 is 34.3 Å². The Balaban J connectivity index is 1.13. The molecule has 6 rings (SSSR count). The minimum absolute atomic E-state index is 0.00507. The van der Waals surface area contributed by atoms with Crippen LogP contribution in [0.1, 0.15) is 78.6 Å². The zero-order valence-corrected chi connectivity index (χ0v) is 22.0. The summed E-state index contributed by atoms with van der Waals surface area (Å²) in [6.07, 6.45) is 7.18.